The minimum Gasteiger partial charge on any atom is -0.494 e. The number of fused-ring (bicyclic) bond motifs is 1. The summed E-state index contributed by atoms with van der Waals surface area (Å²) in [5.41, 5.74) is 3.96. The van der Waals surface area contributed by atoms with Gasteiger partial charge in [0.25, 0.3) is 0 Å². The molecule has 1 fully saturated rings. The number of hydrogen-bond donors (Lipinski definition) is 0. The summed E-state index contributed by atoms with van der Waals surface area (Å²) >= 11 is 0. The second kappa shape index (κ2) is 5.19. The lowest BCUT2D eigenvalue weighted by molar-refractivity contribution is 0.417. The fourth-order valence-electron chi connectivity index (χ4n) is 2.44. The summed E-state index contributed by atoms with van der Waals surface area (Å²) in [6.07, 6.45) is 9.80. The maximum atomic E-state index is 5.57. The molecule has 4 heteroatoms. The summed E-state index contributed by atoms with van der Waals surface area (Å²) in [6.45, 7) is 0. The van der Waals surface area contributed by atoms with Gasteiger partial charge in [0.1, 0.15) is 11.3 Å². The number of aromatic nitrogens is 3. The van der Waals surface area contributed by atoms with E-state index in [0.29, 0.717) is 5.92 Å². The summed E-state index contributed by atoms with van der Waals surface area (Å²) in [7, 11) is 1.68. The topological polar surface area (TPSA) is 39.4 Å². The smallest absolute Gasteiger partial charge is 0.146 e. The fraction of sp³-hybridized carbons (Fsp3) is 0.222. The van der Waals surface area contributed by atoms with Crippen molar-refractivity contribution in [2.24, 2.45) is 5.92 Å². The molecule has 0 N–H and O–H groups in total. The summed E-state index contributed by atoms with van der Waals surface area (Å²) in [5, 5.41) is 4.43. The van der Waals surface area contributed by atoms with Crippen molar-refractivity contribution in [3.05, 3.63) is 48.5 Å². The third-order valence-electron chi connectivity index (χ3n) is 3.80. The minimum absolute atomic E-state index is 0.567. The molecular formula is C18H15N3O. The van der Waals surface area contributed by atoms with Gasteiger partial charge in [-0.2, -0.15) is 5.10 Å². The maximum Gasteiger partial charge on any atom is 0.146 e. The van der Waals surface area contributed by atoms with Gasteiger partial charge in [-0.1, -0.05) is 11.8 Å². The molecule has 3 aromatic rings. The zero-order valence-electron chi connectivity index (χ0n) is 12.3. The lowest BCUT2D eigenvalue weighted by Crippen LogP contribution is -1.94. The van der Waals surface area contributed by atoms with Crippen molar-refractivity contribution in [1.29, 1.82) is 0 Å². The first-order chi connectivity index (χ1) is 10.8. The van der Waals surface area contributed by atoms with Crippen LogP contribution in [0.2, 0.25) is 0 Å². The van der Waals surface area contributed by atoms with E-state index in [9.17, 15) is 0 Å². The van der Waals surface area contributed by atoms with Gasteiger partial charge in [-0.05, 0) is 36.6 Å². The van der Waals surface area contributed by atoms with Crippen LogP contribution in [-0.4, -0.2) is 21.7 Å². The number of ether oxygens (including phenoxy) is 1. The third-order valence-corrected chi connectivity index (χ3v) is 3.80. The lowest BCUT2D eigenvalue weighted by Gasteiger charge is -2.08. The van der Waals surface area contributed by atoms with Gasteiger partial charge < -0.3 is 4.74 Å². The highest BCUT2D eigenvalue weighted by Gasteiger charge is 2.18. The van der Waals surface area contributed by atoms with Gasteiger partial charge in [-0.25, -0.2) is 4.52 Å². The second-order valence-electron chi connectivity index (χ2n) is 5.43. The van der Waals surface area contributed by atoms with Crippen molar-refractivity contribution < 1.29 is 4.74 Å². The van der Waals surface area contributed by atoms with Gasteiger partial charge in [0, 0.05) is 30.1 Å². The van der Waals surface area contributed by atoms with Crippen LogP contribution in [0.15, 0.2) is 43.0 Å². The predicted octanol–water partition coefficient (Wildman–Crippen LogP) is 3.17. The Bertz CT molecular complexity index is 883. The van der Waals surface area contributed by atoms with Crippen LogP contribution in [0.4, 0.5) is 0 Å². The van der Waals surface area contributed by atoms with Crippen LogP contribution >= 0.6 is 0 Å². The highest BCUT2D eigenvalue weighted by Crippen LogP contribution is 2.30. The summed E-state index contributed by atoms with van der Waals surface area (Å²) in [6, 6.07) is 5.96. The molecule has 0 amide bonds. The average molecular weight is 289 g/mol. The maximum absolute atomic E-state index is 5.57. The molecule has 0 atom stereocenters. The van der Waals surface area contributed by atoms with Crippen molar-refractivity contribution in [2.75, 3.05) is 7.11 Å². The van der Waals surface area contributed by atoms with Gasteiger partial charge in [-0.15, -0.1) is 0 Å². The van der Waals surface area contributed by atoms with Crippen molar-refractivity contribution in [3.63, 3.8) is 0 Å². The molecule has 0 radical (unpaired) electrons. The Hall–Kier alpha value is -2.80. The Morgan fingerprint density at radius 1 is 1.23 bits per heavy atom. The van der Waals surface area contributed by atoms with E-state index in [4.69, 9.17) is 4.74 Å². The minimum atomic E-state index is 0.567. The lowest BCUT2D eigenvalue weighted by atomic mass is 10.1. The molecule has 0 aromatic carbocycles. The molecule has 22 heavy (non-hydrogen) atoms. The van der Waals surface area contributed by atoms with Crippen LogP contribution in [0.1, 0.15) is 18.4 Å². The average Bonchev–Trinajstić information content (AvgIpc) is 3.32. The van der Waals surface area contributed by atoms with E-state index in [1.165, 1.54) is 12.8 Å². The standard InChI is InChI=1S/C18H15N3O/c1-22-17-10-16(14-6-8-19-9-7-14)12-21-18(17)15(11-20-21)5-4-13-2-3-13/h6-13H,2-3H2,1H3. The Morgan fingerprint density at radius 2 is 2.05 bits per heavy atom. The fourth-order valence-corrected chi connectivity index (χ4v) is 2.44. The van der Waals surface area contributed by atoms with Crippen LogP contribution in [0.25, 0.3) is 16.6 Å². The first-order valence-electron chi connectivity index (χ1n) is 7.32. The molecule has 4 rings (SSSR count). The zero-order chi connectivity index (χ0) is 14.9. The molecule has 0 saturated heterocycles. The van der Waals surface area contributed by atoms with Crippen molar-refractivity contribution in [2.45, 2.75) is 12.8 Å². The number of rotatable bonds is 2. The summed E-state index contributed by atoms with van der Waals surface area (Å²) in [4.78, 5) is 4.05. The van der Waals surface area contributed by atoms with E-state index in [0.717, 1.165) is 28.0 Å². The first kappa shape index (κ1) is 12.9. The number of pyridine rings is 2. The van der Waals surface area contributed by atoms with E-state index in [1.807, 2.05) is 35.1 Å². The molecule has 0 bridgehead atoms. The first-order valence-corrected chi connectivity index (χ1v) is 7.32. The molecule has 0 spiro atoms. The zero-order valence-corrected chi connectivity index (χ0v) is 12.3. The Balaban J connectivity index is 1.86. The SMILES string of the molecule is COc1cc(-c2ccncc2)cn2ncc(C#CC3CC3)c12. The van der Waals surface area contributed by atoms with E-state index in [2.05, 4.69) is 21.9 Å². The summed E-state index contributed by atoms with van der Waals surface area (Å²) < 4.78 is 7.41. The van der Waals surface area contributed by atoms with Crippen LogP contribution < -0.4 is 4.74 Å². The Labute approximate surface area is 128 Å². The van der Waals surface area contributed by atoms with E-state index >= 15 is 0 Å². The second-order valence-corrected chi connectivity index (χ2v) is 5.43. The highest BCUT2D eigenvalue weighted by atomic mass is 16.5. The van der Waals surface area contributed by atoms with E-state index < -0.39 is 0 Å². The molecule has 1 aliphatic carbocycles. The van der Waals surface area contributed by atoms with Crippen LogP contribution in [0.3, 0.4) is 0 Å². The molecule has 1 aliphatic rings. The van der Waals surface area contributed by atoms with Crippen LogP contribution in [0.5, 0.6) is 5.75 Å². The number of hydrogen-bond acceptors (Lipinski definition) is 3. The molecular weight excluding hydrogens is 274 g/mol. The monoisotopic (exact) mass is 289 g/mol. The van der Waals surface area contributed by atoms with Gasteiger partial charge in [0.2, 0.25) is 0 Å². The molecule has 1 saturated carbocycles. The predicted molar refractivity (Wildman–Crippen MR) is 84.6 cm³/mol. The number of nitrogens with zero attached hydrogens (tertiary/aromatic N) is 3. The normalized spacial score (nSPS) is 13.7. The molecule has 3 heterocycles. The molecule has 3 aromatic heterocycles. The van der Waals surface area contributed by atoms with Crippen molar-refractivity contribution >= 4 is 5.52 Å². The summed E-state index contributed by atoms with van der Waals surface area (Å²) in [5.74, 6) is 7.87. The molecule has 108 valence electrons. The highest BCUT2D eigenvalue weighted by molar-refractivity contribution is 5.75. The van der Waals surface area contributed by atoms with Crippen molar-refractivity contribution in [1.82, 2.24) is 14.6 Å². The molecule has 0 unspecified atom stereocenters. The van der Waals surface area contributed by atoms with Gasteiger partial charge in [0.15, 0.2) is 0 Å². The Kier molecular flexibility index (Phi) is 3.05. The largest absolute Gasteiger partial charge is 0.494 e. The van der Waals surface area contributed by atoms with Gasteiger partial charge in [-0.3, -0.25) is 4.98 Å². The van der Waals surface area contributed by atoms with Crippen molar-refractivity contribution in [3.8, 4) is 28.7 Å². The van der Waals surface area contributed by atoms with E-state index in [1.54, 1.807) is 19.5 Å². The molecule has 0 aliphatic heterocycles. The Morgan fingerprint density at radius 3 is 2.77 bits per heavy atom. The molecule has 4 nitrogen and oxygen atoms in total. The quantitative estimate of drug-likeness (QED) is 0.680. The third kappa shape index (κ3) is 2.31. The number of methoxy groups -OCH3 is 1. The van der Waals surface area contributed by atoms with E-state index in [-0.39, 0.29) is 0 Å². The van der Waals surface area contributed by atoms with Gasteiger partial charge >= 0.3 is 0 Å². The van der Waals surface area contributed by atoms with Gasteiger partial charge in [0.05, 0.1) is 18.9 Å². The van der Waals surface area contributed by atoms with Crippen LogP contribution in [-0.2, 0) is 0 Å². The van der Waals surface area contributed by atoms with Crippen LogP contribution in [0, 0.1) is 17.8 Å².